The third kappa shape index (κ3) is 4.62. The minimum atomic E-state index is 0.120. The van der Waals surface area contributed by atoms with Crippen molar-refractivity contribution in [3.8, 4) is 16.3 Å². The summed E-state index contributed by atoms with van der Waals surface area (Å²) in [5.41, 5.74) is 4.39. The van der Waals surface area contributed by atoms with Crippen LogP contribution in [0.3, 0.4) is 0 Å². The van der Waals surface area contributed by atoms with Crippen LogP contribution < -0.4 is 4.74 Å². The molecule has 4 aromatic rings. The molecule has 1 amide bonds. The number of carbonyl (C=O) groups excluding carboxylic acids is 1. The normalized spacial score (nSPS) is 14.6. The van der Waals surface area contributed by atoms with Gasteiger partial charge in [0.05, 0.1) is 16.6 Å². The van der Waals surface area contributed by atoms with Crippen LogP contribution in [0.2, 0.25) is 0 Å². The highest BCUT2D eigenvalue weighted by Crippen LogP contribution is 2.29. The van der Waals surface area contributed by atoms with E-state index in [9.17, 15) is 4.79 Å². The van der Waals surface area contributed by atoms with Crippen molar-refractivity contribution in [1.29, 1.82) is 0 Å². The van der Waals surface area contributed by atoms with Gasteiger partial charge in [0.2, 0.25) is 5.91 Å². The Bertz CT molecular complexity index is 1130. The minimum Gasteiger partial charge on any atom is -0.467 e. The summed E-state index contributed by atoms with van der Waals surface area (Å²) in [5.74, 6) is 0.186. The molecule has 0 N–H and O–H groups in total. The maximum absolute atomic E-state index is 12.8. The van der Waals surface area contributed by atoms with Crippen molar-refractivity contribution in [1.82, 2.24) is 9.88 Å². The number of thiazole rings is 1. The molecule has 31 heavy (non-hydrogen) atoms. The molecule has 4 nitrogen and oxygen atoms in total. The Balaban J connectivity index is 1.14. The third-order valence-electron chi connectivity index (χ3n) is 5.75. The zero-order valence-electron chi connectivity index (χ0n) is 17.2. The zero-order valence-corrected chi connectivity index (χ0v) is 18.1. The van der Waals surface area contributed by atoms with E-state index >= 15 is 0 Å². The van der Waals surface area contributed by atoms with Crippen molar-refractivity contribution in [3.05, 3.63) is 84.4 Å². The molecule has 0 atom stereocenters. The lowest BCUT2D eigenvalue weighted by atomic mass is 10.0. The van der Waals surface area contributed by atoms with Crippen LogP contribution in [-0.2, 0) is 11.2 Å². The second kappa shape index (κ2) is 8.90. The average molecular weight is 429 g/mol. The minimum absolute atomic E-state index is 0.120. The van der Waals surface area contributed by atoms with E-state index in [2.05, 4.69) is 47.4 Å². The van der Waals surface area contributed by atoms with Gasteiger partial charge in [-0.25, -0.2) is 4.98 Å². The van der Waals surface area contributed by atoms with Gasteiger partial charge in [-0.1, -0.05) is 78.1 Å². The lowest BCUT2D eigenvalue weighted by Crippen LogP contribution is -2.42. The number of ether oxygens (including phenoxy) is 1. The summed E-state index contributed by atoms with van der Waals surface area (Å²) in [4.78, 5) is 19.3. The van der Waals surface area contributed by atoms with Crippen LogP contribution in [0.25, 0.3) is 21.3 Å². The van der Waals surface area contributed by atoms with Crippen LogP contribution in [0, 0.1) is 0 Å². The molecular weight excluding hydrogens is 404 g/mol. The molecule has 1 saturated heterocycles. The van der Waals surface area contributed by atoms with Gasteiger partial charge in [-0.3, -0.25) is 4.79 Å². The highest BCUT2D eigenvalue weighted by Gasteiger charge is 2.24. The van der Waals surface area contributed by atoms with Crippen LogP contribution >= 0.6 is 11.3 Å². The van der Waals surface area contributed by atoms with E-state index in [4.69, 9.17) is 4.74 Å². The Morgan fingerprint density at radius 3 is 2.32 bits per heavy atom. The Kier molecular flexibility index (Phi) is 5.67. The summed E-state index contributed by atoms with van der Waals surface area (Å²) in [7, 11) is 0. The standard InChI is InChI=1S/C26H24N2O2S/c29-25(18-19-10-12-21(13-11-19)20-6-2-1-3-7-20)28-16-14-22(15-17-28)30-26-27-23-8-4-5-9-24(23)31-26/h1-13,22H,14-18H2. The van der Waals surface area contributed by atoms with Gasteiger partial charge in [-0.05, 0) is 28.8 Å². The highest BCUT2D eigenvalue weighted by molar-refractivity contribution is 7.20. The Morgan fingerprint density at radius 2 is 1.58 bits per heavy atom. The SMILES string of the molecule is O=C(Cc1ccc(-c2ccccc2)cc1)N1CCC(Oc2nc3ccccc3s2)CC1. The van der Waals surface area contributed by atoms with Crippen molar-refractivity contribution in [2.45, 2.75) is 25.4 Å². The first-order valence-electron chi connectivity index (χ1n) is 10.7. The molecule has 156 valence electrons. The fourth-order valence-corrected chi connectivity index (χ4v) is 4.88. The van der Waals surface area contributed by atoms with Crippen molar-refractivity contribution in [2.75, 3.05) is 13.1 Å². The van der Waals surface area contributed by atoms with Gasteiger partial charge in [-0.2, -0.15) is 0 Å². The van der Waals surface area contributed by atoms with Gasteiger partial charge in [0.1, 0.15) is 6.10 Å². The van der Waals surface area contributed by atoms with Gasteiger partial charge < -0.3 is 9.64 Å². The molecule has 0 saturated carbocycles. The fraction of sp³-hybridized carbons (Fsp3) is 0.231. The second-order valence-corrected chi connectivity index (χ2v) is 8.88. The number of para-hydroxylation sites is 1. The number of aromatic nitrogens is 1. The quantitative estimate of drug-likeness (QED) is 0.417. The molecule has 0 bridgehead atoms. The summed E-state index contributed by atoms with van der Waals surface area (Å²) >= 11 is 1.59. The molecule has 0 unspecified atom stereocenters. The summed E-state index contributed by atoms with van der Waals surface area (Å²) in [6.07, 6.45) is 2.25. The third-order valence-corrected chi connectivity index (χ3v) is 6.68. The molecular formula is C26H24N2O2S. The lowest BCUT2D eigenvalue weighted by molar-refractivity contribution is -0.132. The van der Waals surface area contributed by atoms with E-state index in [0.29, 0.717) is 6.42 Å². The first kappa shape index (κ1) is 19.8. The molecule has 5 heteroatoms. The van der Waals surface area contributed by atoms with Crippen molar-refractivity contribution in [3.63, 3.8) is 0 Å². The smallest absolute Gasteiger partial charge is 0.274 e. The summed E-state index contributed by atoms with van der Waals surface area (Å²) < 4.78 is 7.25. The number of rotatable bonds is 5. The molecule has 2 heterocycles. The van der Waals surface area contributed by atoms with Gasteiger partial charge in [0.15, 0.2) is 0 Å². The predicted molar refractivity (Wildman–Crippen MR) is 125 cm³/mol. The van der Waals surface area contributed by atoms with E-state index in [1.54, 1.807) is 11.3 Å². The lowest BCUT2D eigenvalue weighted by Gasteiger charge is -2.31. The molecule has 1 aromatic heterocycles. The number of nitrogens with zero attached hydrogens (tertiary/aromatic N) is 2. The molecule has 5 rings (SSSR count). The topological polar surface area (TPSA) is 42.4 Å². The molecule has 0 radical (unpaired) electrons. The largest absolute Gasteiger partial charge is 0.467 e. The molecule has 3 aromatic carbocycles. The Morgan fingerprint density at radius 1 is 0.903 bits per heavy atom. The van der Waals surface area contributed by atoms with Gasteiger partial charge >= 0.3 is 0 Å². The number of hydrogen-bond acceptors (Lipinski definition) is 4. The number of piperidine rings is 1. The van der Waals surface area contributed by atoms with E-state index in [1.807, 2.05) is 41.3 Å². The number of benzene rings is 3. The molecule has 1 aliphatic rings. The summed E-state index contributed by atoms with van der Waals surface area (Å²) in [6.45, 7) is 1.47. The highest BCUT2D eigenvalue weighted by atomic mass is 32.1. The van der Waals surface area contributed by atoms with E-state index in [1.165, 1.54) is 11.1 Å². The van der Waals surface area contributed by atoms with Crippen LogP contribution in [0.15, 0.2) is 78.9 Å². The van der Waals surface area contributed by atoms with Gasteiger partial charge in [0.25, 0.3) is 5.19 Å². The maximum Gasteiger partial charge on any atom is 0.274 e. The molecule has 0 aliphatic carbocycles. The summed E-state index contributed by atoms with van der Waals surface area (Å²) in [5, 5.41) is 0.726. The van der Waals surface area contributed by atoms with Crippen LogP contribution in [0.4, 0.5) is 0 Å². The van der Waals surface area contributed by atoms with Crippen molar-refractivity contribution >= 4 is 27.5 Å². The number of likely N-dealkylation sites (tertiary alicyclic amines) is 1. The average Bonchev–Trinajstić information content (AvgIpc) is 3.23. The molecule has 0 spiro atoms. The van der Waals surface area contributed by atoms with E-state index < -0.39 is 0 Å². The second-order valence-electron chi connectivity index (χ2n) is 7.89. The number of amides is 1. The predicted octanol–water partition coefficient (Wildman–Crippen LogP) is 5.58. The Hall–Kier alpha value is -3.18. The summed E-state index contributed by atoms with van der Waals surface area (Å²) in [6, 6.07) is 26.7. The zero-order chi connectivity index (χ0) is 21.0. The van der Waals surface area contributed by atoms with Crippen LogP contribution in [-0.4, -0.2) is 35.0 Å². The maximum atomic E-state index is 12.8. The first-order valence-corrected chi connectivity index (χ1v) is 11.5. The fourth-order valence-electron chi connectivity index (χ4n) is 4.00. The van der Waals surface area contributed by atoms with Crippen LogP contribution in [0.5, 0.6) is 5.19 Å². The Labute approximate surface area is 186 Å². The van der Waals surface area contributed by atoms with E-state index in [0.717, 1.165) is 46.9 Å². The first-order chi connectivity index (χ1) is 15.2. The van der Waals surface area contributed by atoms with Gasteiger partial charge in [-0.15, -0.1) is 0 Å². The van der Waals surface area contributed by atoms with Gasteiger partial charge in [0, 0.05) is 25.9 Å². The van der Waals surface area contributed by atoms with Crippen LogP contribution in [0.1, 0.15) is 18.4 Å². The number of carbonyl (C=O) groups is 1. The number of hydrogen-bond donors (Lipinski definition) is 0. The van der Waals surface area contributed by atoms with E-state index in [-0.39, 0.29) is 12.0 Å². The van der Waals surface area contributed by atoms with Crippen molar-refractivity contribution < 1.29 is 9.53 Å². The number of fused-ring (bicyclic) bond motifs is 1. The molecule has 1 fully saturated rings. The monoisotopic (exact) mass is 428 g/mol. The molecule has 1 aliphatic heterocycles. The van der Waals surface area contributed by atoms with Crippen molar-refractivity contribution in [2.24, 2.45) is 0 Å².